The molecule has 0 spiro atoms. The van der Waals surface area contributed by atoms with Gasteiger partial charge in [-0.25, -0.2) is 0 Å². The predicted molar refractivity (Wildman–Crippen MR) is 80.2 cm³/mol. The van der Waals surface area contributed by atoms with Crippen LogP contribution in [0.3, 0.4) is 0 Å². The second-order valence-electron chi connectivity index (χ2n) is 6.34. The van der Waals surface area contributed by atoms with Gasteiger partial charge in [-0.2, -0.15) is 0 Å². The molecule has 2 unspecified atom stereocenters. The Morgan fingerprint density at radius 1 is 1.05 bits per heavy atom. The van der Waals surface area contributed by atoms with E-state index < -0.39 is 0 Å². The van der Waals surface area contributed by atoms with Gasteiger partial charge < -0.3 is 5.73 Å². The van der Waals surface area contributed by atoms with Crippen LogP contribution in [0.15, 0.2) is 24.3 Å². The van der Waals surface area contributed by atoms with E-state index in [0.29, 0.717) is 6.04 Å². The third-order valence-corrected chi connectivity index (χ3v) is 5.18. The van der Waals surface area contributed by atoms with Gasteiger partial charge in [-0.05, 0) is 68.3 Å². The number of nitrogens with zero attached hydrogens (tertiary/aromatic N) is 1. The lowest BCUT2D eigenvalue weighted by atomic mass is 9.79. The maximum absolute atomic E-state index is 5.80. The van der Waals surface area contributed by atoms with Crippen molar-refractivity contribution in [2.45, 2.75) is 44.6 Å². The van der Waals surface area contributed by atoms with Crippen molar-refractivity contribution in [3.8, 4) is 0 Å². The Kier molecular flexibility index (Phi) is 3.90. The molecule has 1 aliphatic heterocycles. The standard InChI is InChI=1S/C17H26N2/c1-13-6-7-17(16-5-3-2-4-15(13)16)19-10-8-14(12-18)9-11-19/h2-5,13-14,17H,6-12,18H2,1H3. The van der Waals surface area contributed by atoms with Crippen LogP contribution < -0.4 is 5.73 Å². The third-order valence-electron chi connectivity index (χ3n) is 5.18. The van der Waals surface area contributed by atoms with E-state index in [2.05, 4.69) is 36.1 Å². The van der Waals surface area contributed by atoms with Crippen LogP contribution in [0.25, 0.3) is 0 Å². The number of likely N-dealkylation sites (tertiary alicyclic amines) is 1. The molecule has 1 saturated heterocycles. The second kappa shape index (κ2) is 5.64. The summed E-state index contributed by atoms with van der Waals surface area (Å²) in [6.45, 7) is 5.70. The topological polar surface area (TPSA) is 29.3 Å². The molecule has 2 atom stereocenters. The highest BCUT2D eigenvalue weighted by molar-refractivity contribution is 5.35. The molecular weight excluding hydrogens is 232 g/mol. The molecule has 2 N–H and O–H groups in total. The average molecular weight is 258 g/mol. The molecular formula is C17H26N2. The molecule has 2 heteroatoms. The summed E-state index contributed by atoms with van der Waals surface area (Å²) < 4.78 is 0. The maximum Gasteiger partial charge on any atom is 0.0351 e. The molecule has 1 fully saturated rings. The molecule has 0 saturated carbocycles. The van der Waals surface area contributed by atoms with Crippen molar-refractivity contribution in [1.29, 1.82) is 0 Å². The van der Waals surface area contributed by atoms with Crippen molar-refractivity contribution in [3.63, 3.8) is 0 Å². The molecule has 0 bridgehead atoms. The Balaban J connectivity index is 1.78. The zero-order chi connectivity index (χ0) is 13.2. The van der Waals surface area contributed by atoms with Crippen LogP contribution >= 0.6 is 0 Å². The molecule has 2 aliphatic rings. The van der Waals surface area contributed by atoms with Gasteiger partial charge >= 0.3 is 0 Å². The monoisotopic (exact) mass is 258 g/mol. The van der Waals surface area contributed by atoms with Gasteiger partial charge in [0.05, 0.1) is 0 Å². The van der Waals surface area contributed by atoms with Gasteiger partial charge in [-0.1, -0.05) is 31.2 Å². The number of nitrogens with two attached hydrogens (primary N) is 1. The fourth-order valence-electron chi connectivity index (χ4n) is 3.86. The Hall–Kier alpha value is -0.860. The van der Waals surface area contributed by atoms with Crippen molar-refractivity contribution in [1.82, 2.24) is 4.90 Å². The maximum atomic E-state index is 5.80. The van der Waals surface area contributed by atoms with Crippen LogP contribution in [0.5, 0.6) is 0 Å². The first kappa shape index (κ1) is 13.1. The van der Waals surface area contributed by atoms with E-state index in [1.807, 2.05) is 0 Å². The lowest BCUT2D eigenvalue weighted by molar-refractivity contribution is 0.120. The molecule has 104 valence electrons. The highest BCUT2D eigenvalue weighted by Gasteiger charge is 2.30. The normalized spacial score (nSPS) is 29.2. The molecule has 0 radical (unpaired) electrons. The molecule has 1 aliphatic carbocycles. The van der Waals surface area contributed by atoms with E-state index in [1.54, 1.807) is 11.1 Å². The zero-order valence-electron chi connectivity index (χ0n) is 12.0. The molecule has 1 heterocycles. The predicted octanol–water partition coefficient (Wildman–Crippen LogP) is 3.30. The SMILES string of the molecule is CC1CCC(N2CCC(CN)CC2)c2ccccc21. The van der Waals surface area contributed by atoms with Gasteiger partial charge in [0, 0.05) is 6.04 Å². The number of piperidine rings is 1. The van der Waals surface area contributed by atoms with Crippen LogP contribution in [0, 0.1) is 5.92 Å². The number of benzene rings is 1. The first-order valence-electron chi connectivity index (χ1n) is 7.82. The molecule has 19 heavy (non-hydrogen) atoms. The summed E-state index contributed by atoms with van der Waals surface area (Å²) in [6.07, 6.45) is 5.22. The van der Waals surface area contributed by atoms with Gasteiger partial charge in [-0.15, -0.1) is 0 Å². The minimum Gasteiger partial charge on any atom is -0.330 e. The highest BCUT2D eigenvalue weighted by Crippen LogP contribution is 2.41. The Morgan fingerprint density at radius 2 is 1.74 bits per heavy atom. The minimum absolute atomic E-state index is 0.658. The number of rotatable bonds is 2. The Labute approximate surface area is 117 Å². The van der Waals surface area contributed by atoms with Crippen molar-refractivity contribution in [3.05, 3.63) is 35.4 Å². The quantitative estimate of drug-likeness (QED) is 0.882. The number of fused-ring (bicyclic) bond motifs is 1. The van der Waals surface area contributed by atoms with Crippen molar-refractivity contribution < 1.29 is 0 Å². The lowest BCUT2D eigenvalue weighted by Crippen LogP contribution is -2.39. The van der Waals surface area contributed by atoms with E-state index in [-0.39, 0.29) is 0 Å². The number of hydrogen-bond acceptors (Lipinski definition) is 2. The van der Waals surface area contributed by atoms with Gasteiger partial charge in [0.2, 0.25) is 0 Å². The van der Waals surface area contributed by atoms with Crippen LogP contribution in [-0.2, 0) is 0 Å². The summed E-state index contributed by atoms with van der Waals surface area (Å²) in [6, 6.07) is 9.74. The van der Waals surface area contributed by atoms with Gasteiger partial charge in [0.25, 0.3) is 0 Å². The van der Waals surface area contributed by atoms with Crippen LogP contribution in [-0.4, -0.2) is 24.5 Å². The third kappa shape index (κ3) is 2.56. The largest absolute Gasteiger partial charge is 0.330 e. The molecule has 0 aromatic heterocycles. The first-order chi connectivity index (χ1) is 9.29. The summed E-state index contributed by atoms with van der Waals surface area (Å²) in [4.78, 5) is 2.71. The van der Waals surface area contributed by atoms with Crippen LogP contribution in [0.1, 0.15) is 55.7 Å². The summed E-state index contributed by atoms with van der Waals surface area (Å²) in [7, 11) is 0. The Morgan fingerprint density at radius 3 is 2.42 bits per heavy atom. The highest BCUT2D eigenvalue weighted by atomic mass is 15.2. The second-order valence-corrected chi connectivity index (χ2v) is 6.34. The summed E-state index contributed by atoms with van der Waals surface area (Å²) in [5.74, 6) is 1.49. The van der Waals surface area contributed by atoms with Gasteiger partial charge in [-0.3, -0.25) is 4.90 Å². The van der Waals surface area contributed by atoms with Crippen LogP contribution in [0.2, 0.25) is 0 Å². The first-order valence-corrected chi connectivity index (χ1v) is 7.82. The lowest BCUT2D eigenvalue weighted by Gasteiger charge is -2.41. The van der Waals surface area contributed by atoms with Crippen LogP contribution in [0.4, 0.5) is 0 Å². The van der Waals surface area contributed by atoms with E-state index in [4.69, 9.17) is 5.73 Å². The fraction of sp³-hybridized carbons (Fsp3) is 0.647. The van der Waals surface area contributed by atoms with Gasteiger partial charge in [0.1, 0.15) is 0 Å². The van der Waals surface area contributed by atoms with Crippen molar-refractivity contribution in [2.75, 3.05) is 19.6 Å². The zero-order valence-corrected chi connectivity index (χ0v) is 12.0. The van der Waals surface area contributed by atoms with E-state index in [1.165, 1.54) is 38.8 Å². The summed E-state index contributed by atoms with van der Waals surface area (Å²) in [5, 5.41) is 0. The molecule has 1 aromatic rings. The molecule has 1 aromatic carbocycles. The smallest absolute Gasteiger partial charge is 0.0351 e. The molecule has 3 rings (SSSR count). The van der Waals surface area contributed by atoms with E-state index in [9.17, 15) is 0 Å². The minimum atomic E-state index is 0.658. The molecule has 0 amide bonds. The summed E-state index contributed by atoms with van der Waals surface area (Å²) >= 11 is 0. The van der Waals surface area contributed by atoms with Gasteiger partial charge in [0.15, 0.2) is 0 Å². The van der Waals surface area contributed by atoms with Crippen molar-refractivity contribution in [2.24, 2.45) is 11.7 Å². The molecule has 2 nitrogen and oxygen atoms in total. The van der Waals surface area contributed by atoms with E-state index in [0.717, 1.165) is 18.4 Å². The van der Waals surface area contributed by atoms with Crippen molar-refractivity contribution >= 4 is 0 Å². The Bertz CT molecular complexity index is 421. The fourth-order valence-corrected chi connectivity index (χ4v) is 3.86. The van der Waals surface area contributed by atoms with E-state index >= 15 is 0 Å². The summed E-state index contributed by atoms with van der Waals surface area (Å²) in [5.41, 5.74) is 8.98. The number of hydrogen-bond donors (Lipinski definition) is 1. The average Bonchev–Trinajstić information content (AvgIpc) is 2.48.